The number of carbonyl (C=O) groups is 1. The molecule has 1 rings (SSSR count). The molecule has 0 atom stereocenters. The second-order valence-electron chi connectivity index (χ2n) is 4.50. The topological polar surface area (TPSA) is 42.0 Å². The molecule has 4 heteroatoms. The molecule has 0 aromatic carbocycles. The maximum Gasteiger partial charge on any atom is 0.230 e. The first kappa shape index (κ1) is 12.2. The fourth-order valence-corrected chi connectivity index (χ4v) is 1.24. The molecular weight excluding hydrogens is 256 g/mol. The van der Waals surface area contributed by atoms with E-state index < -0.39 is 5.41 Å². The van der Waals surface area contributed by atoms with E-state index in [1.54, 1.807) is 0 Å². The Morgan fingerprint density at radius 1 is 1.40 bits per heavy atom. The summed E-state index contributed by atoms with van der Waals surface area (Å²) in [4.78, 5) is 15.9. The van der Waals surface area contributed by atoms with Crippen molar-refractivity contribution in [3.8, 4) is 0 Å². The molecule has 0 radical (unpaired) electrons. The summed E-state index contributed by atoms with van der Waals surface area (Å²) >= 11 is 3.27. The lowest BCUT2D eigenvalue weighted by Crippen LogP contribution is -2.28. The number of nitrogens with one attached hydrogen (secondary N) is 1. The summed E-state index contributed by atoms with van der Waals surface area (Å²) in [5, 5.41) is 2.81. The molecule has 1 heterocycles. The van der Waals surface area contributed by atoms with Crippen molar-refractivity contribution in [1.29, 1.82) is 0 Å². The molecule has 0 saturated carbocycles. The van der Waals surface area contributed by atoms with Gasteiger partial charge in [0.1, 0.15) is 10.4 Å². The van der Waals surface area contributed by atoms with E-state index >= 15 is 0 Å². The molecule has 0 aliphatic rings. The van der Waals surface area contributed by atoms with E-state index in [0.717, 1.165) is 10.2 Å². The number of carbonyl (C=O) groups excluding carboxylic acids is 1. The summed E-state index contributed by atoms with van der Waals surface area (Å²) < 4.78 is 0.720. The van der Waals surface area contributed by atoms with Gasteiger partial charge >= 0.3 is 0 Å². The molecule has 1 N–H and O–H groups in total. The summed E-state index contributed by atoms with van der Waals surface area (Å²) in [6.45, 7) is 7.53. The normalized spacial score (nSPS) is 11.3. The zero-order valence-corrected chi connectivity index (χ0v) is 11.0. The fraction of sp³-hybridized carbons (Fsp3) is 0.455. The van der Waals surface area contributed by atoms with Crippen LogP contribution in [0.3, 0.4) is 0 Å². The van der Waals surface area contributed by atoms with Crippen LogP contribution in [0.4, 0.5) is 5.82 Å². The molecule has 0 unspecified atom stereocenters. The highest BCUT2D eigenvalue weighted by Gasteiger charge is 2.22. The fourth-order valence-electron chi connectivity index (χ4n) is 0.927. The smallest absolute Gasteiger partial charge is 0.230 e. The van der Waals surface area contributed by atoms with Crippen molar-refractivity contribution < 1.29 is 4.79 Å². The SMILES string of the molecule is Cc1ccc(Br)nc1NC(=O)C(C)(C)C. The zero-order chi connectivity index (χ0) is 11.6. The number of nitrogens with zero attached hydrogens (tertiary/aromatic N) is 1. The monoisotopic (exact) mass is 270 g/mol. The van der Waals surface area contributed by atoms with Crippen molar-refractivity contribution in [2.75, 3.05) is 5.32 Å². The van der Waals surface area contributed by atoms with Gasteiger partial charge in [0.25, 0.3) is 0 Å². The van der Waals surface area contributed by atoms with Gasteiger partial charge < -0.3 is 5.32 Å². The molecule has 1 amide bonds. The van der Waals surface area contributed by atoms with E-state index in [1.807, 2.05) is 39.8 Å². The number of aryl methyl sites for hydroxylation is 1. The molecule has 82 valence electrons. The maximum absolute atomic E-state index is 11.7. The van der Waals surface area contributed by atoms with Crippen LogP contribution in [0.15, 0.2) is 16.7 Å². The van der Waals surface area contributed by atoms with Crippen LogP contribution >= 0.6 is 15.9 Å². The summed E-state index contributed by atoms with van der Waals surface area (Å²) in [5.74, 6) is 0.584. The predicted octanol–water partition coefficient (Wildman–Crippen LogP) is 3.14. The van der Waals surface area contributed by atoms with Crippen LogP contribution in [0.1, 0.15) is 26.3 Å². The summed E-state index contributed by atoms with van der Waals surface area (Å²) in [6.07, 6.45) is 0. The first-order chi connectivity index (χ1) is 6.80. The lowest BCUT2D eigenvalue weighted by Gasteiger charge is -2.18. The number of amides is 1. The third-order valence-corrected chi connectivity index (χ3v) is 2.42. The van der Waals surface area contributed by atoms with Crippen molar-refractivity contribution in [2.24, 2.45) is 5.41 Å². The van der Waals surface area contributed by atoms with Crippen LogP contribution in [0.25, 0.3) is 0 Å². The zero-order valence-electron chi connectivity index (χ0n) is 9.39. The maximum atomic E-state index is 11.7. The van der Waals surface area contributed by atoms with Gasteiger partial charge in [0, 0.05) is 5.41 Å². The number of rotatable bonds is 1. The molecule has 0 spiro atoms. The summed E-state index contributed by atoms with van der Waals surface area (Å²) in [5.41, 5.74) is 0.548. The van der Waals surface area contributed by atoms with Crippen molar-refractivity contribution >= 4 is 27.7 Å². The minimum Gasteiger partial charge on any atom is -0.310 e. The molecule has 1 aromatic rings. The lowest BCUT2D eigenvalue weighted by atomic mass is 9.96. The van der Waals surface area contributed by atoms with Crippen LogP contribution in [0, 0.1) is 12.3 Å². The highest BCUT2D eigenvalue weighted by molar-refractivity contribution is 9.10. The summed E-state index contributed by atoms with van der Waals surface area (Å²) in [7, 11) is 0. The number of hydrogen-bond donors (Lipinski definition) is 1. The van der Waals surface area contributed by atoms with Crippen molar-refractivity contribution in [1.82, 2.24) is 4.98 Å². The Balaban J connectivity index is 2.90. The third-order valence-electron chi connectivity index (χ3n) is 1.98. The van der Waals surface area contributed by atoms with Crippen LogP contribution < -0.4 is 5.32 Å². The lowest BCUT2D eigenvalue weighted by molar-refractivity contribution is -0.123. The Bertz CT molecular complexity index is 383. The minimum absolute atomic E-state index is 0.0313. The van der Waals surface area contributed by atoms with Gasteiger partial charge in [-0.1, -0.05) is 26.8 Å². The van der Waals surface area contributed by atoms with E-state index in [9.17, 15) is 4.79 Å². The second-order valence-corrected chi connectivity index (χ2v) is 5.32. The number of pyridine rings is 1. The van der Waals surface area contributed by atoms with E-state index in [-0.39, 0.29) is 5.91 Å². The van der Waals surface area contributed by atoms with Crippen molar-refractivity contribution in [2.45, 2.75) is 27.7 Å². The Kier molecular flexibility index (Phi) is 3.50. The Morgan fingerprint density at radius 3 is 2.53 bits per heavy atom. The highest BCUT2D eigenvalue weighted by Crippen LogP contribution is 2.20. The van der Waals surface area contributed by atoms with Gasteiger partial charge in [-0.25, -0.2) is 4.98 Å². The summed E-state index contributed by atoms with van der Waals surface area (Å²) in [6, 6.07) is 3.76. The third kappa shape index (κ3) is 3.30. The van der Waals surface area contributed by atoms with Gasteiger partial charge in [-0.05, 0) is 34.5 Å². The average molecular weight is 271 g/mol. The number of aromatic nitrogens is 1. The molecule has 0 bridgehead atoms. The number of anilines is 1. The van der Waals surface area contributed by atoms with Crippen molar-refractivity contribution in [3.63, 3.8) is 0 Å². The van der Waals surface area contributed by atoms with Crippen LogP contribution in [0.5, 0.6) is 0 Å². The molecule has 0 aliphatic carbocycles. The standard InChI is InChI=1S/C11H15BrN2O/c1-7-5-6-8(12)13-9(7)14-10(15)11(2,3)4/h5-6H,1-4H3,(H,13,14,15). The van der Waals surface area contributed by atoms with E-state index in [2.05, 4.69) is 26.2 Å². The first-order valence-corrected chi connectivity index (χ1v) is 5.54. The number of hydrogen-bond acceptors (Lipinski definition) is 2. The second kappa shape index (κ2) is 4.31. The Morgan fingerprint density at radius 2 is 2.00 bits per heavy atom. The van der Waals surface area contributed by atoms with E-state index in [1.165, 1.54) is 0 Å². The largest absolute Gasteiger partial charge is 0.310 e. The Labute approximate surface area is 98.4 Å². The van der Waals surface area contributed by atoms with E-state index in [0.29, 0.717) is 5.82 Å². The van der Waals surface area contributed by atoms with Gasteiger partial charge in [-0.2, -0.15) is 0 Å². The van der Waals surface area contributed by atoms with Gasteiger partial charge in [-0.3, -0.25) is 4.79 Å². The Hall–Kier alpha value is -0.900. The molecule has 0 fully saturated rings. The minimum atomic E-state index is -0.406. The van der Waals surface area contributed by atoms with Crippen LogP contribution in [-0.4, -0.2) is 10.9 Å². The van der Waals surface area contributed by atoms with Gasteiger partial charge in [0.2, 0.25) is 5.91 Å². The molecular formula is C11H15BrN2O. The molecule has 3 nitrogen and oxygen atoms in total. The first-order valence-electron chi connectivity index (χ1n) is 4.75. The van der Waals surface area contributed by atoms with Gasteiger partial charge in [0.15, 0.2) is 0 Å². The quantitative estimate of drug-likeness (QED) is 0.797. The molecule has 0 saturated heterocycles. The molecule has 15 heavy (non-hydrogen) atoms. The van der Waals surface area contributed by atoms with Crippen molar-refractivity contribution in [3.05, 3.63) is 22.3 Å². The van der Waals surface area contributed by atoms with Gasteiger partial charge in [-0.15, -0.1) is 0 Å². The van der Waals surface area contributed by atoms with Crippen LogP contribution in [-0.2, 0) is 4.79 Å². The highest BCUT2D eigenvalue weighted by atomic mass is 79.9. The molecule has 1 aromatic heterocycles. The average Bonchev–Trinajstić information content (AvgIpc) is 2.09. The predicted molar refractivity (Wildman–Crippen MR) is 64.8 cm³/mol. The van der Waals surface area contributed by atoms with Crippen LogP contribution in [0.2, 0.25) is 0 Å². The molecule has 0 aliphatic heterocycles. The number of halogens is 1. The van der Waals surface area contributed by atoms with Gasteiger partial charge in [0.05, 0.1) is 0 Å². The van der Waals surface area contributed by atoms with E-state index in [4.69, 9.17) is 0 Å².